The predicted molar refractivity (Wildman–Crippen MR) is 118 cm³/mol. The number of ether oxygens (including phenoxy) is 1. The van der Waals surface area contributed by atoms with Gasteiger partial charge in [0, 0.05) is 35.6 Å². The van der Waals surface area contributed by atoms with Crippen LogP contribution in [-0.2, 0) is 16.1 Å². The third-order valence-corrected chi connectivity index (χ3v) is 6.83. The van der Waals surface area contributed by atoms with Crippen molar-refractivity contribution < 1.29 is 13.9 Å². The van der Waals surface area contributed by atoms with E-state index in [-0.39, 0.29) is 23.6 Å². The first-order valence-corrected chi connectivity index (χ1v) is 11.0. The summed E-state index contributed by atoms with van der Waals surface area (Å²) in [6.07, 6.45) is 1.57. The Morgan fingerprint density at radius 2 is 1.80 bits per heavy atom. The van der Waals surface area contributed by atoms with E-state index in [1.165, 1.54) is 7.11 Å². The minimum absolute atomic E-state index is 0.0173. The van der Waals surface area contributed by atoms with Crippen LogP contribution < -0.4 is 4.90 Å². The molecule has 2 aromatic carbocycles. The molecule has 0 aromatic heterocycles. The fourth-order valence-corrected chi connectivity index (χ4v) is 5.12. The van der Waals surface area contributed by atoms with Crippen LogP contribution in [0, 0.1) is 11.7 Å². The number of methoxy groups -OCH3 is 1. The molecule has 2 aromatic rings. The van der Waals surface area contributed by atoms with Gasteiger partial charge in [-0.25, -0.2) is 4.39 Å². The van der Waals surface area contributed by atoms with Crippen molar-refractivity contribution in [2.45, 2.75) is 25.3 Å². The Kier molecular flexibility index (Phi) is 6.51. The number of carbonyl (C=O) groups excluding carboxylic acids is 1. The van der Waals surface area contributed by atoms with E-state index >= 15 is 0 Å². The Morgan fingerprint density at radius 3 is 2.40 bits per heavy atom. The second-order valence-corrected chi connectivity index (χ2v) is 8.91. The van der Waals surface area contributed by atoms with Crippen LogP contribution in [0.4, 0.5) is 10.1 Å². The lowest BCUT2D eigenvalue weighted by atomic mass is 9.90. The number of carbonyl (C=O) groups is 1. The molecule has 0 unspecified atom stereocenters. The van der Waals surface area contributed by atoms with E-state index in [4.69, 9.17) is 27.9 Å². The number of piperidine rings is 1. The van der Waals surface area contributed by atoms with Crippen molar-refractivity contribution in [3.63, 3.8) is 0 Å². The molecular formula is C23H25Cl2FN2O2. The summed E-state index contributed by atoms with van der Waals surface area (Å²) in [5, 5.41) is 1.33. The molecular weight excluding hydrogens is 426 g/mol. The summed E-state index contributed by atoms with van der Waals surface area (Å²) in [5.41, 5.74) is 2.51. The molecule has 2 aliphatic heterocycles. The number of esters is 1. The van der Waals surface area contributed by atoms with E-state index in [1.54, 1.807) is 6.07 Å². The highest BCUT2D eigenvalue weighted by atomic mass is 35.5. The van der Waals surface area contributed by atoms with Crippen LogP contribution in [0.1, 0.15) is 29.9 Å². The maximum Gasteiger partial charge on any atom is 0.308 e. The van der Waals surface area contributed by atoms with Gasteiger partial charge in [0.05, 0.1) is 18.7 Å². The summed E-state index contributed by atoms with van der Waals surface area (Å²) in [5.74, 6) is -0.144. The molecule has 2 heterocycles. The van der Waals surface area contributed by atoms with Crippen molar-refractivity contribution in [2.75, 3.05) is 38.2 Å². The normalized spacial score (nSPS) is 18.3. The summed E-state index contributed by atoms with van der Waals surface area (Å²) < 4.78 is 19.6. The summed E-state index contributed by atoms with van der Waals surface area (Å²) in [6, 6.07) is 11.0. The molecule has 2 saturated heterocycles. The van der Waals surface area contributed by atoms with Crippen LogP contribution in [0.5, 0.6) is 0 Å². The smallest absolute Gasteiger partial charge is 0.308 e. The zero-order valence-corrected chi connectivity index (χ0v) is 18.4. The molecule has 0 bridgehead atoms. The van der Waals surface area contributed by atoms with Gasteiger partial charge >= 0.3 is 5.97 Å². The fourth-order valence-electron chi connectivity index (χ4n) is 4.42. The van der Waals surface area contributed by atoms with E-state index in [0.717, 1.165) is 37.1 Å². The molecule has 0 aliphatic carbocycles. The van der Waals surface area contributed by atoms with E-state index in [9.17, 15) is 9.18 Å². The Morgan fingerprint density at radius 1 is 1.13 bits per heavy atom. The van der Waals surface area contributed by atoms with Crippen LogP contribution in [0.2, 0.25) is 10.0 Å². The van der Waals surface area contributed by atoms with Crippen LogP contribution in [0.25, 0.3) is 0 Å². The number of hydrogen-bond acceptors (Lipinski definition) is 4. The Labute approximate surface area is 186 Å². The maximum absolute atomic E-state index is 14.8. The average Bonchev–Trinajstić information content (AvgIpc) is 2.70. The van der Waals surface area contributed by atoms with Crippen molar-refractivity contribution in [3.8, 4) is 0 Å². The highest BCUT2D eigenvalue weighted by Gasteiger charge is 2.32. The molecule has 0 atom stereocenters. The first kappa shape index (κ1) is 21.4. The molecule has 0 radical (unpaired) electrons. The van der Waals surface area contributed by atoms with Gasteiger partial charge in [0.15, 0.2) is 0 Å². The van der Waals surface area contributed by atoms with Gasteiger partial charge in [0.2, 0.25) is 0 Å². The number of likely N-dealkylation sites (tertiary alicyclic amines) is 1. The van der Waals surface area contributed by atoms with Gasteiger partial charge < -0.3 is 9.64 Å². The van der Waals surface area contributed by atoms with E-state index < -0.39 is 0 Å². The zero-order chi connectivity index (χ0) is 21.3. The lowest BCUT2D eigenvalue weighted by molar-refractivity contribution is -0.147. The summed E-state index contributed by atoms with van der Waals surface area (Å²) in [4.78, 5) is 15.9. The molecule has 2 aliphatic rings. The van der Waals surface area contributed by atoms with E-state index in [2.05, 4.69) is 4.90 Å². The Hall–Kier alpha value is -1.82. The third-order valence-electron chi connectivity index (χ3n) is 6.17. The number of benzene rings is 2. The second-order valence-electron chi connectivity index (χ2n) is 8.10. The van der Waals surface area contributed by atoms with Crippen molar-refractivity contribution >= 4 is 34.9 Å². The zero-order valence-electron chi connectivity index (χ0n) is 16.9. The summed E-state index contributed by atoms with van der Waals surface area (Å²) in [7, 11) is 1.43. The number of halogens is 3. The molecule has 160 valence electrons. The highest BCUT2D eigenvalue weighted by molar-refractivity contribution is 6.36. The minimum Gasteiger partial charge on any atom is -0.469 e. The van der Waals surface area contributed by atoms with Crippen LogP contribution in [-0.4, -0.2) is 44.2 Å². The largest absolute Gasteiger partial charge is 0.469 e. The molecule has 0 amide bonds. The van der Waals surface area contributed by atoms with Crippen LogP contribution in [0.3, 0.4) is 0 Å². The SMILES string of the molecule is COC(=O)C1CCN(Cc2ccc(N3CC(c4c(Cl)cccc4Cl)C3)c(F)c2)CC1. The van der Waals surface area contributed by atoms with E-state index in [0.29, 0.717) is 35.4 Å². The number of rotatable bonds is 5. The first-order chi connectivity index (χ1) is 14.5. The molecule has 30 heavy (non-hydrogen) atoms. The van der Waals surface area contributed by atoms with Crippen molar-refractivity contribution in [3.05, 3.63) is 63.4 Å². The monoisotopic (exact) mass is 450 g/mol. The van der Waals surface area contributed by atoms with Crippen LogP contribution >= 0.6 is 23.2 Å². The minimum atomic E-state index is -0.208. The quantitative estimate of drug-likeness (QED) is 0.591. The molecule has 0 saturated carbocycles. The van der Waals surface area contributed by atoms with Gasteiger partial charge in [0.25, 0.3) is 0 Å². The molecule has 4 rings (SSSR count). The Balaban J connectivity index is 1.34. The second kappa shape index (κ2) is 9.13. The standard InChI is InChI=1S/C23H25Cl2FN2O2/c1-30-23(29)16-7-9-27(10-8-16)12-15-5-6-21(20(26)11-15)28-13-17(14-28)22-18(24)3-2-4-19(22)25/h2-6,11,16-17H,7-10,12-14H2,1H3. The highest BCUT2D eigenvalue weighted by Crippen LogP contribution is 2.39. The molecule has 2 fully saturated rings. The van der Waals surface area contributed by atoms with Crippen LogP contribution in [0.15, 0.2) is 36.4 Å². The van der Waals surface area contributed by atoms with Gasteiger partial charge in [-0.05, 0) is 61.3 Å². The van der Waals surface area contributed by atoms with Gasteiger partial charge in [-0.15, -0.1) is 0 Å². The summed E-state index contributed by atoms with van der Waals surface area (Å²) in [6.45, 7) is 3.70. The van der Waals surface area contributed by atoms with Gasteiger partial charge in [-0.3, -0.25) is 9.69 Å². The van der Waals surface area contributed by atoms with E-state index in [1.807, 2.05) is 35.2 Å². The van der Waals surface area contributed by atoms with Gasteiger partial charge in [0.1, 0.15) is 5.82 Å². The first-order valence-electron chi connectivity index (χ1n) is 10.2. The van der Waals surface area contributed by atoms with Gasteiger partial charge in [-0.2, -0.15) is 0 Å². The number of anilines is 1. The number of hydrogen-bond donors (Lipinski definition) is 0. The van der Waals surface area contributed by atoms with Crippen molar-refractivity contribution in [2.24, 2.45) is 5.92 Å². The topological polar surface area (TPSA) is 32.8 Å². The lowest BCUT2D eigenvalue weighted by Gasteiger charge is -2.42. The number of nitrogens with zero attached hydrogens (tertiary/aromatic N) is 2. The summed E-state index contributed by atoms with van der Waals surface area (Å²) >= 11 is 12.6. The maximum atomic E-state index is 14.8. The molecule has 0 spiro atoms. The average molecular weight is 451 g/mol. The molecule has 0 N–H and O–H groups in total. The fraction of sp³-hybridized carbons (Fsp3) is 0.435. The molecule has 7 heteroatoms. The lowest BCUT2D eigenvalue weighted by Crippen LogP contribution is -2.45. The van der Waals surface area contributed by atoms with Crippen molar-refractivity contribution in [1.29, 1.82) is 0 Å². The third kappa shape index (κ3) is 4.43. The predicted octanol–water partition coefficient (Wildman–Crippen LogP) is 5.12. The molecule has 4 nitrogen and oxygen atoms in total. The Bertz CT molecular complexity index is 905. The van der Waals surface area contributed by atoms with Crippen molar-refractivity contribution in [1.82, 2.24) is 4.90 Å². The van der Waals surface area contributed by atoms with Gasteiger partial charge in [-0.1, -0.05) is 35.3 Å².